The van der Waals surface area contributed by atoms with E-state index >= 15 is 0 Å². The summed E-state index contributed by atoms with van der Waals surface area (Å²) in [5, 5.41) is 4.98. The normalized spacial score (nSPS) is 13.6. The second-order valence-corrected chi connectivity index (χ2v) is 5.96. The Labute approximate surface area is 150 Å². The van der Waals surface area contributed by atoms with Crippen LogP contribution in [0.1, 0.15) is 18.4 Å². The van der Waals surface area contributed by atoms with Crippen LogP contribution in [0.15, 0.2) is 48.5 Å². The van der Waals surface area contributed by atoms with Crippen LogP contribution in [0.3, 0.4) is 0 Å². The number of carbonyl (C=O) groups is 3. The highest BCUT2D eigenvalue weighted by Gasteiger charge is 2.21. The molecule has 0 spiro atoms. The minimum atomic E-state index is -0.794. The van der Waals surface area contributed by atoms with Crippen LogP contribution in [0.4, 0.5) is 15.8 Å². The molecule has 3 rings (SSSR count). The molecule has 1 fully saturated rings. The van der Waals surface area contributed by atoms with Crippen molar-refractivity contribution in [2.24, 2.45) is 0 Å². The number of hydrogen-bond acceptors (Lipinski definition) is 3. The molecule has 2 aromatic rings. The van der Waals surface area contributed by atoms with Crippen molar-refractivity contribution in [2.75, 3.05) is 16.8 Å². The first kappa shape index (κ1) is 17.6. The molecule has 0 saturated carbocycles. The molecule has 26 heavy (non-hydrogen) atoms. The van der Waals surface area contributed by atoms with Crippen molar-refractivity contribution in [3.05, 3.63) is 59.9 Å². The standard InChI is InChI=1S/C19H18FN3O3/c20-14-5-3-13(4-6-14)12-21-18(25)19(26)22-15-7-9-16(10-8-15)23-11-1-2-17(23)24/h3-10H,1-2,11-12H2,(H,21,25)(H,22,26). The van der Waals surface area contributed by atoms with Gasteiger partial charge in [0.05, 0.1) is 0 Å². The molecule has 1 aliphatic rings. The van der Waals surface area contributed by atoms with Crippen LogP contribution in [0, 0.1) is 5.82 Å². The Bertz CT molecular complexity index is 819. The van der Waals surface area contributed by atoms with Gasteiger partial charge in [0.15, 0.2) is 0 Å². The van der Waals surface area contributed by atoms with Gasteiger partial charge in [0.1, 0.15) is 5.82 Å². The molecule has 2 aromatic carbocycles. The third kappa shape index (κ3) is 4.24. The summed E-state index contributed by atoms with van der Waals surface area (Å²) in [5.41, 5.74) is 1.92. The lowest BCUT2D eigenvalue weighted by Gasteiger charge is -2.16. The zero-order chi connectivity index (χ0) is 18.5. The summed E-state index contributed by atoms with van der Waals surface area (Å²) in [6.45, 7) is 0.818. The molecule has 1 aliphatic heterocycles. The minimum Gasteiger partial charge on any atom is -0.344 e. The zero-order valence-corrected chi connectivity index (χ0v) is 14.0. The van der Waals surface area contributed by atoms with Crippen LogP contribution in [0.2, 0.25) is 0 Å². The molecule has 7 heteroatoms. The minimum absolute atomic E-state index is 0.0851. The van der Waals surface area contributed by atoms with Crippen LogP contribution in [-0.2, 0) is 20.9 Å². The lowest BCUT2D eigenvalue weighted by molar-refractivity contribution is -0.136. The Balaban J connectivity index is 1.52. The Morgan fingerprint density at radius 2 is 1.69 bits per heavy atom. The first-order chi connectivity index (χ1) is 12.5. The van der Waals surface area contributed by atoms with Crippen molar-refractivity contribution in [1.29, 1.82) is 0 Å². The Kier molecular flexibility index (Phi) is 5.26. The third-order valence-corrected chi connectivity index (χ3v) is 4.08. The van der Waals surface area contributed by atoms with Gasteiger partial charge < -0.3 is 15.5 Å². The van der Waals surface area contributed by atoms with E-state index in [2.05, 4.69) is 10.6 Å². The van der Waals surface area contributed by atoms with E-state index in [1.165, 1.54) is 24.3 Å². The van der Waals surface area contributed by atoms with Crippen LogP contribution in [-0.4, -0.2) is 24.3 Å². The number of rotatable bonds is 4. The molecule has 6 nitrogen and oxygen atoms in total. The van der Waals surface area contributed by atoms with Crippen molar-refractivity contribution in [1.82, 2.24) is 5.32 Å². The largest absolute Gasteiger partial charge is 0.344 e. The molecule has 1 heterocycles. The number of nitrogens with zero attached hydrogens (tertiary/aromatic N) is 1. The predicted molar refractivity (Wildman–Crippen MR) is 94.9 cm³/mol. The summed E-state index contributed by atoms with van der Waals surface area (Å²) < 4.78 is 12.8. The summed E-state index contributed by atoms with van der Waals surface area (Å²) in [4.78, 5) is 37.2. The van der Waals surface area contributed by atoms with Crippen molar-refractivity contribution >= 4 is 29.1 Å². The maximum Gasteiger partial charge on any atom is 0.313 e. The average molecular weight is 355 g/mol. The Hall–Kier alpha value is -3.22. The van der Waals surface area contributed by atoms with E-state index in [0.717, 1.165) is 12.1 Å². The molecular formula is C19H18FN3O3. The monoisotopic (exact) mass is 355 g/mol. The SMILES string of the molecule is O=C(NCc1ccc(F)cc1)C(=O)Nc1ccc(N2CCCC2=O)cc1. The van der Waals surface area contributed by atoms with E-state index in [1.54, 1.807) is 29.2 Å². The predicted octanol–water partition coefficient (Wildman–Crippen LogP) is 2.21. The Morgan fingerprint density at radius 1 is 1.00 bits per heavy atom. The Morgan fingerprint density at radius 3 is 2.31 bits per heavy atom. The summed E-state index contributed by atoms with van der Waals surface area (Å²) in [6.07, 6.45) is 1.39. The van der Waals surface area contributed by atoms with Gasteiger partial charge in [0.25, 0.3) is 0 Å². The number of hydrogen-bond donors (Lipinski definition) is 2. The highest BCUT2D eigenvalue weighted by atomic mass is 19.1. The molecule has 2 N–H and O–H groups in total. The number of halogens is 1. The third-order valence-electron chi connectivity index (χ3n) is 4.08. The topological polar surface area (TPSA) is 78.5 Å². The van der Waals surface area contributed by atoms with E-state index in [9.17, 15) is 18.8 Å². The fourth-order valence-electron chi connectivity index (χ4n) is 2.70. The number of anilines is 2. The second kappa shape index (κ2) is 7.77. The molecule has 0 aromatic heterocycles. The van der Waals surface area contributed by atoms with Crippen molar-refractivity contribution in [3.8, 4) is 0 Å². The highest BCUT2D eigenvalue weighted by molar-refractivity contribution is 6.39. The molecule has 3 amide bonds. The van der Waals surface area contributed by atoms with E-state index < -0.39 is 11.8 Å². The molecule has 134 valence electrons. The molecule has 1 saturated heterocycles. The summed E-state index contributed by atoms with van der Waals surface area (Å²) >= 11 is 0. The maximum atomic E-state index is 12.8. The van der Waals surface area contributed by atoms with E-state index in [-0.39, 0.29) is 18.3 Å². The lowest BCUT2D eigenvalue weighted by Crippen LogP contribution is -2.35. The molecule has 0 aliphatic carbocycles. The number of carbonyl (C=O) groups excluding carboxylic acids is 3. The molecule has 0 bridgehead atoms. The van der Waals surface area contributed by atoms with Crippen LogP contribution < -0.4 is 15.5 Å². The molecule has 0 unspecified atom stereocenters. The summed E-state index contributed by atoms with van der Waals surface area (Å²) in [5.74, 6) is -1.86. The van der Waals surface area contributed by atoms with Crippen LogP contribution in [0.5, 0.6) is 0 Å². The van der Waals surface area contributed by atoms with Crippen molar-refractivity contribution < 1.29 is 18.8 Å². The fraction of sp³-hybridized carbons (Fsp3) is 0.211. The van der Waals surface area contributed by atoms with Crippen LogP contribution in [0.25, 0.3) is 0 Å². The smallest absolute Gasteiger partial charge is 0.313 e. The lowest BCUT2D eigenvalue weighted by atomic mass is 10.2. The van der Waals surface area contributed by atoms with Gasteiger partial charge in [-0.1, -0.05) is 12.1 Å². The summed E-state index contributed by atoms with van der Waals surface area (Å²) in [7, 11) is 0. The second-order valence-electron chi connectivity index (χ2n) is 5.96. The number of amides is 3. The summed E-state index contributed by atoms with van der Waals surface area (Å²) in [6, 6.07) is 12.4. The van der Waals surface area contributed by atoms with Gasteiger partial charge in [0, 0.05) is 30.9 Å². The number of benzene rings is 2. The van der Waals surface area contributed by atoms with Crippen molar-refractivity contribution in [3.63, 3.8) is 0 Å². The van der Waals surface area contributed by atoms with Crippen LogP contribution >= 0.6 is 0 Å². The highest BCUT2D eigenvalue weighted by Crippen LogP contribution is 2.22. The van der Waals surface area contributed by atoms with Gasteiger partial charge in [-0.15, -0.1) is 0 Å². The van der Waals surface area contributed by atoms with Gasteiger partial charge >= 0.3 is 11.8 Å². The van der Waals surface area contributed by atoms with E-state index in [4.69, 9.17) is 0 Å². The average Bonchev–Trinajstić information content (AvgIpc) is 3.07. The quantitative estimate of drug-likeness (QED) is 0.826. The number of nitrogens with one attached hydrogen (secondary N) is 2. The molecular weight excluding hydrogens is 337 g/mol. The van der Waals surface area contributed by atoms with Gasteiger partial charge in [-0.3, -0.25) is 14.4 Å². The van der Waals surface area contributed by atoms with E-state index in [0.29, 0.717) is 24.2 Å². The maximum absolute atomic E-state index is 12.8. The van der Waals surface area contributed by atoms with Gasteiger partial charge in [-0.05, 0) is 48.4 Å². The fourth-order valence-corrected chi connectivity index (χ4v) is 2.70. The molecule has 0 radical (unpaired) electrons. The van der Waals surface area contributed by atoms with Gasteiger partial charge in [-0.25, -0.2) is 4.39 Å². The first-order valence-electron chi connectivity index (χ1n) is 8.27. The van der Waals surface area contributed by atoms with E-state index in [1.807, 2.05) is 0 Å². The first-order valence-corrected chi connectivity index (χ1v) is 8.27. The van der Waals surface area contributed by atoms with Gasteiger partial charge in [0.2, 0.25) is 5.91 Å². The van der Waals surface area contributed by atoms with Crippen molar-refractivity contribution in [2.45, 2.75) is 19.4 Å². The van der Waals surface area contributed by atoms with Gasteiger partial charge in [-0.2, -0.15) is 0 Å². The molecule has 0 atom stereocenters. The zero-order valence-electron chi connectivity index (χ0n) is 14.0.